The molecule has 1 aliphatic heterocycles. The summed E-state index contributed by atoms with van der Waals surface area (Å²) in [4.78, 5) is 4.28. The van der Waals surface area contributed by atoms with Gasteiger partial charge < -0.3 is 16.9 Å². The van der Waals surface area contributed by atoms with Crippen LogP contribution in [0.25, 0.3) is 0 Å². The maximum atomic E-state index is 6.36. The summed E-state index contributed by atoms with van der Waals surface area (Å²) in [5, 5.41) is 1.45. The lowest BCUT2D eigenvalue weighted by molar-refractivity contribution is -0.939. The van der Waals surface area contributed by atoms with Crippen LogP contribution in [0.1, 0.15) is 30.0 Å². The summed E-state index contributed by atoms with van der Waals surface area (Å²) in [6, 6.07) is 10.5. The number of aromatic nitrogens is 1. The number of halogens is 3. The fourth-order valence-corrected chi connectivity index (χ4v) is 3.91. The lowest BCUT2D eigenvalue weighted by Gasteiger charge is -2.36. The Hall–Kier alpha value is -0.800. The molecule has 5 heteroatoms. The van der Waals surface area contributed by atoms with Gasteiger partial charge in [0.15, 0.2) is 0 Å². The summed E-state index contributed by atoms with van der Waals surface area (Å²) in [7, 11) is 2.32. The molecule has 0 N–H and O–H groups in total. The lowest BCUT2D eigenvalue weighted by Crippen LogP contribution is -3.00. The standard InChI is InChI=1S/C17H19Cl2N2.ClH/c1-21(12-14-6-7-15(18)10-16(14)19)9-3-5-17(21)13-4-2-8-20-11-13;/h2,4,6-8,10-11,17H,3,5,9,12H2,1H3;1H/q+1;/p-1. The van der Waals surface area contributed by atoms with Crippen LogP contribution in [0, 0.1) is 0 Å². The molecule has 1 fully saturated rings. The average molecular weight is 358 g/mol. The van der Waals surface area contributed by atoms with Crippen LogP contribution in [0.2, 0.25) is 10.0 Å². The van der Waals surface area contributed by atoms with Crippen molar-refractivity contribution in [2.75, 3.05) is 13.6 Å². The molecular formula is C17H19Cl3N2. The molecule has 2 atom stereocenters. The van der Waals surface area contributed by atoms with Gasteiger partial charge in [-0.05, 0) is 18.2 Å². The van der Waals surface area contributed by atoms with Crippen molar-refractivity contribution in [1.82, 2.24) is 4.98 Å². The summed E-state index contributed by atoms with van der Waals surface area (Å²) in [6.07, 6.45) is 6.27. The minimum Gasteiger partial charge on any atom is -1.00 e. The van der Waals surface area contributed by atoms with Crippen LogP contribution >= 0.6 is 23.2 Å². The number of rotatable bonds is 3. The second kappa shape index (κ2) is 7.18. The molecule has 1 aliphatic rings. The van der Waals surface area contributed by atoms with E-state index >= 15 is 0 Å². The predicted molar refractivity (Wildman–Crippen MR) is 87.4 cm³/mol. The molecule has 2 heterocycles. The lowest BCUT2D eigenvalue weighted by atomic mass is 10.0. The number of benzene rings is 1. The molecule has 3 rings (SSSR count). The number of pyridine rings is 1. The van der Waals surface area contributed by atoms with E-state index in [0.717, 1.165) is 16.1 Å². The van der Waals surface area contributed by atoms with Gasteiger partial charge in [-0.15, -0.1) is 0 Å². The van der Waals surface area contributed by atoms with E-state index in [2.05, 4.69) is 18.1 Å². The van der Waals surface area contributed by atoms with Gasteiger partial charge in [-0.1, -0.05) is 35.3 Å². The topological polar surface area (TPSA) is 12.9 Å². The van der Waals surface area contributed by atoms with Crippen molar-refractivity contribution in [2.45, 2.75) is 25.4 Å². The van der Waals surface area contributed by atoms with Crippen molar-refractivity contribution >= 4 is 23.2 Å². The minimum absolute atomic E-state index is 0. The number of likely N-dealkylation sites (tertiary alicyclic amines) is 1. The van der Waals surface area contributed by atoms with Crippen LogP contribution in [0.4, 0.5) is 0 Å². The molecule has 0 amide bonds. The van der Waals surface area contributed by atoms with E-state index in [1.807, 2.05) is 36.7 Å². The Bertz CT molecular complexity index is 633. The minimum atomic E-state index is 0. The van der Waals surface area contributed by atoms with Crippen molar-refractivity contribution in [2.24, 2.45) is 0 Å². The first-order valence-electron chi connectivity index (χ1n) is 7.26. The summed E-state index contributed by atoms with van der Waals surface area (Å²) in [5.41, 5.74) is 2.49. The molecule has 22 heavy (non-hydrogen) atoms. The largest absolute Gasteiger partial charge is 1.00 e. The van der Waals surface area contributed by atoms with Crippen molar-refractivity contribution in [3.05, 3.63) is 63.9 Å². The third-order valence-corrected chi connectivity index (χ3v) is 5.10. The third kappa shape index (κ3) is 3.57. The molecule has 1 aromatic carbocycles. The van der Waals surface area contributed by atoms with Crippen LogP contribution < -0.4 is 12.4 Å². The normalized spacial score (nSPS) is 24.0. The molecular weight excluding hydrogens is 339 g/mol. The van der Waals surface area contributed by atoms with E-state index in [9.17, 15) is 0 Å². The van der Waals surface area contributed by atoms with E-state index in [1.165, 1.54) is 30.5 Å². The molecule has 1 saturated heterocycles. The van der Waals surface area contributed by atoms with E-state index in [-0.39, 0.29) is 12.4 Å². The van der Waals surface area contributed by atoms with Crippen molar-refractivity contribution in [1.29, 1.82) is 0 Å². The fourth-order valence-electron chi connectivity index (χ4n) is 3.44. The second-order valence-corrected chi connectivity index (χ2v) is 6.88. The van der Waals surface area contributed by atoms with Gasteiger partial charge in [-0.3, -0.25) is 4.98 Å². The van der Waals surface area contributed by atoms with Gasteiger partial charge in [0.25, 0.3) is 0 Å². The molecule has 118 valence electrons. The number of nitrogens with zero attached hydrogens (tertiary/aromatic N) is 2. The van der Waals surface area contributed by atoms with Gasteiger partial charge in [-0.25, -0.2) is 0 Å². The Kier molecular flexibility index (Phi) is 5.73. The van der Waals surface area contributed by atoms with Crippen LogP contribution in [-0.2, 0) is 6.54 Å². The predicted octanol–water partition coefficient (Wildman–Crippen LogP) is 1.87. The Morgan fingerprint density at radius 1 is 1.27 bits per heavy atom. The first-order valence-corrected chi connectivity index (χ1v) is 8.02. The summed E-state index contributed by atoms with van der Waals surface area (Å²) in [5.74, 6) is 0. The smallest absolute Gasteiger partial charge is 0.116 e. The van der Waals surface area contributed by atoms with Crippen molar-refractivity contribution in [3.8, 4) is 0 Å². The number of hydrogen-bond acceptors (Lipinski definition) is 1. The van der Waals surface area contributed by atoms with Gasteiger partial charge in [0.05, 0.1) is 18.6 Å². The Morgan fingerprint density at radius 3 is 2.77 bits per heavy atom. The molecule has 2 unspecified atom stereocenters. The van der Waals surface area contributed by atoms with Crippen molar-refractivity contribution < 1.29 is 16.9 Å². The summed E-state index contributed by atoms with van der Waals surface area (Å²) < 4.78 is 0.979. The maximum Gasteiger partial charge on any atom is 0.116 e. The molecule has 0 saturated carbocycles. The van der Waals surface area contributed by atoms with Crippen LogP contribution in [-0.4, -0.2) is 23.1 Å². The quantitative estimate of drug-likeness (QED) is 0.764. The zero-order valence-corrected chi connectivity index (χ0v) is 14.7. The SMILES string of the molecule is C[N+]1(Cc2ccc(Cl)cc2Cl)CCCC1c1cccnc1.[Cl-]. The molecule has 0 aliphatic carbocycles. The summed E-state index contributed by atoms with van der Waals surface area (Å²) in [6.45, 7) is 2.09. The zero-order chi connectivity index (χ0) is 14.9. The average Bonchev–Trinajstić information content (AvgIpc) is 2.85. The maximum absolute atomic E-state index is 6.36. The van der Waals surface area contributed by atoms with Gasteiger partial charge in [0, 0.05) is 41.4 Å². The van der Waals surface area contributed by atoms with Gasteiger partial charge in [0.2, 0.25) is 0 Å². The first kappa shape index (κ1) is 17.6. The highest BCUT2D eigenvalue weighted by atomic mass is 35.5. The highest BCUT2D eigenvalue weighted by Gasteiger charge is 2.39. The van der Waals surface area contributed by atoms with Crippen LogP contribution in [0.15, 0.2) is 42.7 Å². The van der Waals surface area contributed by atoms with Crippen LogP contribution in [0.5, 0.6) is 0 Å². The molecule has 0 spiro atoms. The zero-order valence-electron chi connectivity index (χ0n) is 12.5. The highest BCUT2D eigenvalue weighted by Crippen LogP contribution is 2.39. The Morgan fingerprint density at radius 2 is 2.09 bits per heavy atom. The molecule has 0 bridgehead atoms. The number of quaternary nitrogens is 1. The van der Waals surface area contributed by atoms with E-state index in [1.54, 1.807) is 0 Å². The Balaban J connectivity index is 0.00000176. The molecule has 2 nitrogen and oxygen atoms in total. The van der Waals surface area contributed by atoms with Crippen LogP contribution in [0.3, 0.4) is 0 Å². The molecule has 2 aromatic rings. The van der Waals surface area contributed by atoms with E-state index in [0.29, 0.717) is 11.1 Å². The summed E-state index contributed by atoms with van der Waals surface area (Å²) >= 11 is 12.4. The first-order chi connectivity index (χ1) is 10.1. The van der Waals surface area contributed by atoms with Gasteiger partial charge in [-0.2, -0.15) is 0 Å². The molecule has 0 radical (unpaired) electrons. The highest BCUT2D eigenvalue weighted by molar-refractivity contribution is 6.35. The van der Waals surface area contributed by atoms with Crippen molar-refractivity contribution in [3.63, 3.8) is 0 Å². The Labute approximate surface area is 148 Å². The fraction of sp³-hybridized carbons (Fsp3) is 0.353. The molecule has 1 aromatic heterocycles. The third-order valence-electron chi connectivity index (χ3n) is 4.51. The number of hydrogen-bond donors (Lipinski definition) is 0. The van der Waals surface area contributed by atoms with E-state index in [4.69, 9.17) is 23.2 Å². The monoisotopic (exact) mass is 356 g/mol. The van der Waals surface area contributed by atoms with Gasteiger partial charge >= 0.3 is 0 Å². The van der Waals surface area contributed by atoms with Gasteiger partial charge in [0.1, 0.15) is 12.6 Å². The van der Waals surface area contributed by atoms with E-state index < -0.39 is 0 Å². The second-order valence-electron chi connectivity index (χ2n) is 6.04.